The fourth-order valence-corrected chi connectivity index (χ4v) is 3.22. The van der Waals surface area contributed by atoms with Crippen molar-refractivity contribution in [3.05, 3.63) is 81.9 Å². The first-order valence-electron chi connectivity index (χ1n) is 8.91. The summed E-state index contributed by atoms with van der Waals surface area (Å²) in [7, 11) is 0. The van der Waals surface area contributed by atoms with Gasteiger partial charge in [-0.05, 0) is 29.7 Å². The summed E-state index contributed by atoms with van der Waals surface area (Å²) in [5.74, 6) is -0.367. The van der Waals surface area contributed by atoms with E-state index in [1.165, 1.54) is 18.1 Å². The van der Waals surface area contributed by atoms with Crippen LogP contribution in [0.15, 0.2) is 55.1 Å². The lowest BCUT2D eigenvalue weighted by atomic mass is 10.00. The number of hydrogen-bond acceptors (Lipinski definition) is 8. The second-order valence-electron chi connectivity index (χ2n) is 6.41. The second-order valence-corrected chi connectivity index (χ2v) is 6.41. The number of rotatable bonds is 5. The SMILES string of the molecule is O=C(NNc1ncnc(N2CCc3ccccc3C2)c1[N+](=O)[O-])c1cccnc1. The van der Waals surface area contributed by atoms with Crippen LogP contribution >= 0.6 is 0 Å². The molecule has 2 N–H and O–H groups in total. The summed E-state index contributed by atoms with van der Waals surface area (Å²) < 4.78 is 0. The van der Waals surface area contributed by atoms with Crippen molar-refractivity contribution in [2.75, 3.05) is 16.9 Å². The van der Waals surface area contributed by atoms with E-state index in [2.05, 4.69) is 31.9 Å². The van der Waals surface area contributed by atoms with Gasteiger partial charge < -0.3 is 4.90 Å². The standard InChI is InChI=1S/C19H17N7O3/c27-19(14-6-3-8-20-10-14)24-23-17-16(26(28)29)18(22-12-21-17)25-9-7-13-4-1-2-5-15(13)11-25/h1-6,8,10,12H,7,9,11H2,(H,24,27)(H,21,22,23). The van der Waals surface area contributed by atoms with Crippen LogP contribution in [0.25, 0.3) is 0 Å². The quantitative estimate of drug-likeness (QED) is 0.500. The number of anilines is 2. The summed E-state index contributed by atoms with van der Waals surface area (Å²) in [5.41, 5.74) is 7.30. The summed E-state index contributed by atoms with van der Waals surface area (Å²) >= 11 is 0. The number of carbonyl (C=O) groups excluding carboxylic acids is 1. The lowest BCUT2D eigenvalue weighted by Gasteiger charge is -2.29. The molecule has 0 bridgehead atoms. The molecule has 0 spiro atoms. The molecule has 0 radical (unpaired) electrons. The van der Waals surface area contributed by atoms with Crippen LogP contribution in [-0.2, 0) is 13.0 Å². The van der Waals surface area contributed by atoms with Crippen LogP contribution in [0.1, 0.15) is 21.5 Å². The Morgan fingerprint density at radius 2 is 1.97 bits per heavy atom. The van der Waals surface area contributed by atoms with Gasteiger partial charge in [-0.15, -0.1) is 0 Å². The molecule has 1 amide bonds. The van der Waals surface area contributed by atoms with E-state index in [-0.39, 0.29) is 17.3 Å². The molecule has 0 saturated carbocycles. The lowest BCUT2D eigenvalue weighted by Crippen LogP contribution is -2.33. The van der Waals surface area contributed by atoms with Gasteiger partial charge in [0.25, 0.3) is 5.91 Å². The second kappa shape index (κ2) is 7.89. The summed E-state index contributed by atoms with van der Waals surface area (Å²) in [5, 5.41) is 11.8. The minimum absolute atomic E-state index is 0.0869. The molecule has 146 valence electrons. The fraction of sp³-hybridized carbons (Fsp3) is 0.158. The van der Waals surface area contributed by atoms with E-state index >= 15 is 0 Å². The van der Waals surface area contributed by atoms with Crippen molar-refractivity contribution in [3.8, 4) is 0 Å². The van der Waals surface area contributed by atoms with E-state index in [4.69, 9.17) is 0 Å². The predicted molar refractivity (Wildman–Crippen MR) is 105 cm³/mol. The Hall–Kier alpha value is -4.08. The molecule has 0 atom stereocenters. The number of nitrogens with one attached hydrogen (secondary N) is 2. The van der Waals surface area contributed by atoms with Crippen LogP contribution in [0.3, 0.4) is 0 Å². The molecule has 2 aromatic heterocycles. The van der Waals surface area contributed by atoms with Crippen LogP contribution < -0.4 is 15.8 Å². The Bertz CT molecular complexity index is 1060. The molecule has 1 aliphatic heterocycles. The first kappa shape index (κ1) is 18.3. The fourth-order valence-electron chi connectivity index (χ4n) is 3.22. The van der Waals surface area contributed by atoms with Gasteiger partial charge in [-0.2, -0.15) is 0 Å². The third-order valence-corrected chi connectivity index (χ3v) is 4.63. The topological polar surface area (TPSA) is 126 Å². The highest BCUT2D eigenvalue weighted by Crippen LogP contribution is 2.34. The van der Waals surface area contributed by atoms with E-state index < -0.39 is 10.8 Å². The average Bonchev–Trinajstić information content (AvgIpc) is 2.77. The van der Waals surface area contributed by atoms with Crippen LogP contribution in [0.5, 0.6) is 0 Å². The van der Waals surface area contributed by atoms with Gasteiger partial charge in [0.2, 0.25) is 11.6 Å². The van der Waals surface area contributed by atoms with Crippen LogP contribution in [0.4, 0.5) is 17.3 Å². The Balaban J connectivity index is 1.58. The zero-order valence-electron chi connectivity index (χ0n) is 15.3. The van der Waals surface area contributed by atoms with Gasteiger partial charge in [0.1, 0.15) is 6.33 Å². The number of nitrogens with zero attached hydrogens (tertiary/aromatic N) is 5. The van der Waals surface area contributed by atoms with Gasteiger partial charge in [-0.3, -0.25) is 30.7 Å². The molecule has 10 heteroatoms. The number of benzene rings is 1. The largest absolute Gasteiger partial charge is 0.355 e. The monoisotopic (exact) mass is 391 g/mol. The number of hydrazine groups is 1. The van der Waals surface area contributed by atoms with E-state index in [0.717, 1.165) is 12.0 Å². The van der Waals surface area contributed by atoms with E-state index in [1.807, 2.05) is 23.1 Å². The maximum Gasteiger partial charge on any atom is 0.355 e. The van der Waals surface area contributed by atoms with Gasteiger partial charge in [-0.1, -0.05) is 24.3 Å². The van der Waals surface area contributed by atoms with Crippen LogP contribution in [0, 0.1) is 10.1 Å². The molecular weight excluding hydrogens is 374 g/mol. The highest BCUT2D eigenvalue weighted by atomic mass is 16.6. The summed E-state index contributed by atoms with van der Waals surface area (Å²) in [6.45, 7) is 1.10. The molecule has 0 saturated heterocycles. The van der Waals surface area contributed by atoms with Crippen LogP contribution in [-0.4, -0.2) is 32.3 Å². The Kier molecular flexibility index (Phi) is 4.97. The van der Waals surface area contributed by atoms with Crippen molar-refractivity contribution in [1.29, 1.82) is 0 Å². The van der Waals surface area contributed by atoms with Crippen molar-refractivity contribution in [3.63, 3.8) is 0 Å². The molecule has 4 rings (SSSR count). The van der Waals surface area contributed by atoms with E-state index in [0.29, 0.717) is 18.7 Å². The molecule has 0 aliphatic carbocycles. The highest BCUT2D eigenvalue weighted by Gasteiger charge is 2.29. The van der Waals surface area contributed by atoms with Gasteiger partial charge in [0, 0.05) is 25.5 Å². The number of amides is 1. The van der Waals surface area contributed by atoms with Gasteiger partial charge in [0.05, 0.1) is 10.5 Å². The van der Waals surface area contributed by atoms with Crippen molar-refractivity contribution >= 4 is 23.2 Å². The first-order valence-corrected chi connectivity index (χ1v) is 8.91. The zero-order valence-corrected chi connectivity index (χ0v) is 15.3. The number of fused-ring (bicyclic) bond motifs is 1. The van der Waals surface area contributed by atoms with Crippen molar-refractivity contribution in [2.45, 2.75) is 13.0 Å². The third-order valence-electron chi connectivity index (χ3n) is 4.63. The van der Waals surface area contributed by atoms with E-state index in [1.54, 1.807) is 18.3 Å². The molecule has 0 unspecified atom stereocenters. The third kappa shape index (κ3) is 3.81. The maximum absolute atomic E-state index is 12.2. The highest BCUT2D eigenvalue weighted by molar-refractivity contribution is 5.94. The Morgan fingerprint density at radius 3 is 2.72 bits per heavy atom. The van der Waals surface area contributed by atoms with Gasteiger partial charge >= 0.3 is 5.69 Å². The zero-order chi connectivity index (χ0) is 20.2. The summed E-state index contributed by atoms with van der Waals surface area (Å²) in [6.07, 6.45) is 4.93. The number of hydrogen-bond donors (Lipinski definition) is 2. The van der Waals surface area contributed by atoms with Gasteiger partial charge in [0.15, 0.2) is 0 Å². The normalized spacial score (nSPS) is 12.8. The number of aromatic nitrogens is 3. The molecule has 10 nitrogen and oxygen atoms in total. The van der Waals surface area contributed by atoms with Crippen molar-refractivity contribution in [2.24, 2.45) is 0 Å². The number of carbonyl (C=O) groups is 1. The molecular formula is C19H17N7O3. The minimum atomic E-state index is -0.547. The molecule has 1 aromatic carbocycles. The average molecular weight is 391 g/mol. The molecule has 3 heterocycles. The maximum atomic E-state index is 12.2. The number of pyridine rings is 1. The van der Waals surface area contributed by atoms with Crippen molar-refractivity contribution < 1.29 is 9.72 Å². The Morgan fingerprint density at radius 1 is 1.14 bits per heavy atom. The Labute approximate surface area is 165 Å². The smallest absolute Gasteiger partial charge is 0.346 e. The molecule has 1 aliphatic rings. The summed E-state index contributed by atoms with van der Waals surface area (Å²) in [6, 6.07) is 11.2. The molecule has 3 aromatic rings. The van der Waals surface area contributed by atoms with Gasteiger partial charge in [-0.25, -0.2) is 9.97 Å². The number of nitro groups is 1. The predicted octanol–water partition coefficient (Wildman–Crippen LogP) is 2.10. The molecule has 0 fully saturated rings. The summed E-state index contributed by atoms with van der Waals surface area (Å²) in [4.78, 5) is 37.2. The first-order chi connectivity index (χ1) is 14.1. The minimum Gasteiger partial charge on any atom is -0.346 e. The van der Waals surface area contributed by atoms with Crippen molar-refractivity contribution in [1.82, 2.24) is 20.4 Å². The van der Waals surface area contributed by atoms with Crippen LogP contribution in [0.2, 0.25) is 0 Å². The molecule has 29 heavy (non-hydrogen) atoms. The lowest BCUT2D eigenvalue weighted by molar-refractivity contribution is -0.383. The van der Waals surface area contributed by atoms with E-state index in [9.17, 15) is 14.9 Å².